The Hall–Kier alpha value is -3.18. The van der Waals surface area contributed by atoms with E-state index in [0.717, 1.165) is 49.5 Å². The quantitative estimate of drug-likeness (QED) is 0.645. The van der Waals surface area contributed by atoms with Gasteiger partial charge in [-0.25, -0.2) is 19.2 Å². The molecule has 4 aliphatic heterocycles. The molecule has 0 spiro atoms. The Balaban J connectivity index is 1.13. The van der Waals surface area contributed by atoms with Crippen molar-refractivity contribution in [2.45, 2.75) is 51.4 Å². The van der Waals surface area contributed by atoms with E-state index in [4.69, 9.17) is 14.2 Å². The van der Waals surface area contributed by atoms with Gasteiger partial charge in [0, 0.05) is 51.2 Å². The predicted octanol–water partition coefficient (Wildman–Crippen LogP) is 3.50. The zero-order chi connectivity index (χ0) is 26.4. The van der Waals surface area contributed by atoms with Crippen LogP contribution in [0.5, 0.6) is 5.75 Å². The van der Waals surface area contributed by atoms with Gasteiger partial charge in [0.25, 0.3) is 0 Å². The molecule has 204 valence electrons. The number of ether oxygens (including phenoxy) is 3. The maximum absolute atomic E-state index is 15.3. The Morgan fingerprint density at radius 1 is 1.13 bits per heavy atom. The standard InChI is InChI=1S/C27H35FN6O4/c1-27(2,3)38-26(35)33-5-4-19(14-33)34-12-18(13-34)17-10-21(28)23-22(11-17)31-24-20(15-37-23)25(30-16-29-24)32-6-8-36-9-7-32/h10-11,16,18-19H,4-9,12-15H2,1-3H3,(H,29,30,31). The highest BCUT2D eigenvalue weighted by atomic mass is 19.1. The van der Waals surface area contributed by atoms with E-state index in [1.54, 1.807) is 11.0 Å². The van der Waals surface area contributed by atoms with Crippen LogP contribution in [-0.2, 0) is 16.1 Å². The third kappa shape index (κ3) is 4.96. The van der Waals surface area contributed by atoms with E-state index < -0.39 is 5.60 Å². The van der Waals surface area contributed by atoms with Crippen LogP contribution in [0.25, 0.3) is 0 Å². The summed E-state index contributed by atoms with van der Waals surface area (Å²) in [5.74, 6) is 1.48. The number of amides is 1. The Morgan fingerprint density at radius 2 is 1.92 bits per heavy atom. The van der Waals surface area contributed by atoms with Gasteiger partial charge in [-0.15, -0.1) is 0 Å². The van der Waals surface area contributed by atoms with Crippen molar-refractivity contribution in [1.29, 1.82) is 0 Å². The SMILES string of the molecule is CC(C)(C)OC(=O)N1CCC(N2CC(c3cc(F)c4c(c3)Nc3ncnc(N5CCOCC5)c3CO4)C2)C1. The van der Waals surface area contributed by atoms with Gasteiger partial charge in [0.05, 0.1) is 24.5 Å². The molecular weight excluding hydrogens is 491 g/mol. The lowest BCUT2D eigenvalue weighted by molar-refractivity contribution is 0.0260. The summed E-state index contributed by atoms with van der Waals surface area (Å²) in [6.07, 6.45) is 2.20. The fraction of sp³-hybridized carbons (Fsp3) is 0.593. The van der Waals surface area contributed by atoms with E-state index in [9.17, 15) is 4.79 Å². The number of carbonyl (C=O) groups is 1. The maximum atomic E-state index is 15.3. The number of nitrogens with one attached hydrogen (secondary N) is 1. The third-order valence-corrected chi connectivity index (χ3v) is 7.63. The highest BCUT2D eigenvalue weighted by molar-refractivity contribution is 5.72. The lowest BCUT2D eigenvalue weighted by Crippen LogP contribution is -2.52. The molecule has 0 radical (unpaired) electrons. The largest absolute Gasteiger partial charge is 0.483 e. The normalized spacial score (nSPS) is 22.1. The highest BCUT2D eigenvalue weighted by Gasteiger charge is 2.39. The third-order valence-electron chi connectivity index (χ3n) is 7.63. The van der Waals surface area contributed by atoms with Crippen molar-refractivity contribution in [1.82, 2.24) is 19.8 Å². The van der Waals surface area contributed by atoms with Crippen molar-refractivity contribution in [3.63, 3.8) is 0 Å². The Bertz CT molecular complexity index is 1210. The highest BCUT2D eigenvalue weighted by Crippen LogP contribution is 2.41. The molecule has 11 heteroatoms. The molecule has 10 nitrogen and oxygen atoms in total. The number of hydrogen-bond acceptors (Lipinski definition) is 9. The number of aromatic nitrogens is 2. The smallest absolute Gasteiger partial charge is 0.410 e. The topological polar surface area (TPSA) is 92.3 Å². The number of morpholine rings is 1. The summed E-state index contributed by atoms with van der Waals surface area (Å²) < 4.78 is 32.2. The van der Waals surface area contributed by atoms with Crippen molar-refractivity contribution in [2.75, 3.05) is 62.7 Å². The first-order valence-electron chi connectivity index (χ1n) is 13.4. The molecule has 1 atom stereocenters. The molecule has 1 amide bonds. The van der Waals surface area contributed by atoms with Crippen LogP contribution in [0.15, 0.2) is 18.5 Å². The van der Waals surface area contributed by atoms with Gasteiger partial charge in [0.15, 0.2) is 11.6 Å². The summed E-state index contributed by atoms with van der Waals surface area (Å²) in [5.41, 5.74) is 1.83. The van der Waals surface area contributed by atoms with Crippen LogP contribution in [0.2, 0.25) is 0 Å². The molecule has 0 saturated carbocycles. The molecule has 2 aromatic rings. The fourth-order valence-electron chi connectivity index (χ4n) is 5.61. The maximum Gasteiger partial charge on any atom is 0.410 e. The number of nitrogens with zero attached hydrogens (tertiary/aromatic N) is 5. The summed E-state index contributed by atoms with van der Waals surface area (Å²) in [6.45, 7) is 11.6. The number of fused-ring (bicyclic) bond motifs is 2. The fourth-order valence-corrected chi connectivity index (χ4v) is 5.61. The van der Waals surface area contributed by atoms with E-state index in [1.807, 2.05) is 26.8 Å². The second-order valence-electron chi connectivity index (χ2n) is 11.4. The van der Waals surface area contributed by atoms with Crippen molar-refractivity contribution in [3.8, 4) is 5.75 Å². The number of rotatable bonds is 3. The summed E-state index contributed by atoms with van der Waals surface area (Å²) in [5, 5.41) is 3.32. The van der Waals surface area contributed by atoms with Crippen molar-refractivity contribution < 1.29 is 23.4 Å². The molecule has 38 heavy (non-hydrogen) atoms. The van der Waals surface area contributed by atoms with Gasteiger partial charge in [-0.1, -0.05) is 0 Å². The van der Waals surface area contributed by atoms with Gasteiger partial charge in [0.1, 0.15) is 30.2 Å². The molecule has 6 rings (SSSR count). The molecule has 4 aliphatic rings. The molecule has 1 aromatic carbocycles. The second-order valence-corrected chi connectivity index (χ2v) is 11.4. The molecule has 3 saturated heterocycles. The summed E-state index contributed by atoms with van der Waals surface area (Å²) in [7, 11) is 0. The molecule has 1 unspecified atom stereocenters. The second kappa shape index (κ2) is 9.85. The number of carbonyl (C=O) groups excluding carboxylic acids is 1. The molecule has 1 N–H and O–H groups in total. The van der Waals surface area contributed by atoms with Gasteiger partial charge in [-0.05, 0) is 44.9 Å². The number of hydrogen-bond donors (Lipinski definition) is 1. The first-order valence-corrected chi connectivity index (χ1v) is 13.4. The summed E-state index contributed by atoms with van der Waals surface area (Å²) >= 11 is 0. The molecule has 1 aromatic heterocycles. The van der Waals surface area contributed by atoms with Crippen LogP contribution in [0.1, 0.15) is 44.2 Å². The molecule has 3 fully saturated rings. The summed E-state index contributed by atoms with van der Waals surface area (Å²) in [4.78, 5) is 27.7. The zero-order valence-electron chi connectivity index (χ0n) is 22.2. The Kier molecular flexibility index (Phi) is 6.51. The van der Waals surface area contributed by atoms with E-state index in [2.05, 4.69) is 25.1 Å². The van der Waals surface area contributed by atoms with E-state index in [-0.39, 0.29) is 30.2 Å². The molecule has 5 heterocycles. The van der Waals surface area contributed by atoms with E-state index in [1.165, 1.54) is 6.33 Å². The van der Waals surface area contributed by atoms with Gasteiger partial charge in [0.2, 0.25) is 0 Å². The van der Waals surface area contributed by atoms with Gasteiger partial charge < -0.3 is 29.3 Å². The van der Waals surface area contributed by atoms with Gasteiger partial charge in [-0.3, -0.25) is 4.90 Å². The van der Waals surface area contributed by atoms with Crippen LogP contribution in [-0.4, -0.2) is 90.0 Å². The number of benzene rings is 1. The average Bonchev–Trinajstić information content (AvgIpc) is 3.24. The number of halogens is 1. The van der Waals surface area contributed by atoms with Crippen LogP contribution in [0, 0.1) is 5.82 Å². The minimum atomic E-state index is -0.499. The van der Waals surface area contributed by atoms with Crippen molar-refractivity contribution >= 4 is 23.4 Å². The number of likely N-dealkylation sites (tertiary alicyclic amines) is 2. The van der Waals surface area contributed by atoms with Crippen LogP contribution in [0.4, 0.5) is 26.5 Å². The lowest BCUT2D eigenvalue weighted by Gasteiger charge is -2.43. The lowest BCUT2D eigenvalue weighted by atomic mass is 9.89. The number of anilines is 3. The van der Waals surface area contributed by atoms with Crippen molar-refractivity contribution in [3.05, 3.63) is 35.4 Å². The van der Waals surface area contributed by atoms with Gasteiger partial charge in [-0.2, -0.15) is 0 Å². The summed E-state index contributed by atoms with van der Waals surface area (Å²) in [6, 6.07) is 3.87. The van der Waals surface area contributed by atoms with Crippen LogP contribution < -0.4 is 15.0 Å². The molecule has 0 aliphatic carbocycles. The van der Waals surface area contributed by atoms with Crippen LogP contribution >= 0.6 is 0 Å². The first kappa shape index (κ1) is 25.1. The van der Waals surface area contributed by atoms with Crippen LogP contribution in [0.3, 0.4) is 0 Å². The first-order chi connectivity index (χ1) is 18.2. The minimum Gasteiger partial charge on any atom is -0.483 e. The van der Waals surface area contributed by atoms with E-state index >= 15 is 4.39 Å². The van der Waals surface area contributed by atoms with Crippen molar-refractivity contribution in [2.24, 2.45) is 0 Å². The molecular formula is C27H35FN6O4. The Morgan fingerprint density at radius 3 is 2.68 bits per heavy atom. The molecule has 0 bridgehead atoms. The van der Waals surface area contributed by atoms with Gasteiger partial charge >= 0.3 is 6.09 Å². The zero-order valence-corrected chi connectivity index (χ0v) is 22.2. The minimum absolute atomic E-state index is 0.187. The average molecular weight is 527 g/mol. The monoisotopic (exact) mass is 526 g/mol. The predicted molar refractivity (Wildman–Crippen MR) is 140 cm³/mol. The Labute approximate surface area is 222 Å². The van der Waals surface area contributed by atoms with E-state index in [0.29, 0.717) is 43.9 Å².